The third-order valence-corrected chi connectivity index (χ3v) is 5.63. The molecule has 1 aliphatic rings. The van der Waals surface area contributed by atoms with Gasteiger partial charge in [0.15, 0.2) is 0 Å². The van der Waals surface area contributed by atoms with E-state index in [9.17, 15) is 5.11 Å². The van der Waals surface area contributed by atoms with Gasteiger partial charge in [0.2, 0.25) is 0 Å². The average Bonchev–Trinajstić information content (AvgIpc) is 3.16. The number of aryl methyl sites for hydroxylation is 1. The number of rotatable bonds is 7. The second kappa shape index (κ2) is 10.4. The van der Waals surface area contributed by atoms with Crippen LogP contribution in [-0.2, 0) is 50.5 Å². The second-order valence-corrected chi connectivity index (χ2v) is 7.28. The maximum atomic E-state index is 10.3. The molecule has 1 saturated carbocycles. The summed E-state index contributed by atoms with van der Waals surface area (Å²) in [6.45, 7) is 0.856. The number of hydrogen-bond donors (Lipinski definition) is 1. The van der Waals surface area contributed by atoms with Crippen LogP contribution in [0.1, 0.15) is 24.2 Å². The van der Waals surface area contributed by atoms with Gasteiger partial charge in [-0.15, -0.1) is 17.7 Å². The van der Waals surface area contributed by atoms with Gasteiger partial charge in [0, 0.05) is 55.6 Å². The van der Waals surface area contributed by atoms with Crippen molar-refractivity contribution in [2.24, 2.45) is 11.8 Å². The summed E-state index contributed by atoms with van der Waals surface area (Å²) in [6, 6.07) is 11.4. The summed E-state index contributed by atoms with van der Waals surface area (Å²) in [5.74, 6) is 0.979. The number of alkyl halides is 1. The van der Waals surface area contributed by atoms with Crippen LogP contribution in [0.15, 0.2) is 40.8 Å². The molecule has 1 aromatic heterocycles. The molecule has 2 aromatic rings. The molecule has 25 heavy (non-hydrogen) atoms. The van der Waals surface area contributed by atoms with Gasteiger partial charge in [-0.2, -0.15) is 6.07 Å². The molecule has 1 aliphatic carbocycles. The van der Waals surface area contributed by atoms with Gasteiger partial charge >= 0.3 is 0 Å². The summed E-state index contributed by atoms with van der Waals surface area (Å²) < 4.78 is 10.9. The molecule has 133 valence electrons. The number of benzene rings is 1. The Balaban J connectivity index is 0.00000225. The van der Waals surface area contributed by atoms with E-state index in [2.05, 4.69) is 6.26 Å². The molecule has 0 amide bonds. The van der Waals surface area contributed by atoms with Crippen LogP contribution < -0.4 is 0 Å². The molecule has 3 rings (SSSR count). The van der Waals surface area contributed by atoms with Gasteiger partial charge < -0.3 is 14.3 Å². The third-order valence-electron chi connectivity index (χ3n) is 4.76. The van der Waals surface area contributed by atoms with E-state index in [-0.39, 0.29) is 49.9 Å². The Kier molecular flexibility index (Phi) is 8.94. The fraction of sp³-hybridized carbons (Fsp3) is 0.474. The van der Waals surface area contributed by atoms with E-state index in [1.807, 2.05) is 30.3 Å². The normalized spacial score (nSPS) is 25.7. The van der Waals surface area contributed by atoms with Crippen LogP contribution in [-0.4, -0.2) is 23.2 Å². The van der Waals surface area contributed by atoms with Crippen LogP contribution in [0.25, 0.3) is 0 Å². The molecule has 0 spiro atoms. The fourth-order valence-electron chi connectivity index (χ4n) is 3.43. The Bertz CT molecular complexity index is 635. The first-order chi connectivity index (χ1) is 11.6. The van der Waals surface area contributed by atoms with Crippen molar-refractivity contribution in [1.29, 1.82) is 0 Å². The monoisotopic (exact) mass is 456 g/mol. The summed E-state index contributed by atoms with van der Waals surface area (Å²) in [5, 5.41) is 11.1. The Labute approximate surface area is 183 Å². The van der Waals surface area contributed by atoms with Gasteiger partial charge in [-0.25, -0.2) is 0 Å². The van der Waals surface area contributed by atoms with E-state index in [0.29, 0.717) is 19.6 Å². The molecule has 6 heteroatoms. The average molecular weight is 457 g/mol. The Morgan fingerprint density at radius 3 is 2.76 bits per heavy atom. The van der Waals surface area contributed by atoms with Crippen molar-refractivity contribution in [1.82, 2.24) is 0 Å². The van der Waals surface area contributed by atoms with Gasteiger partial charge in [0.1, 0.15) is 0 Å². The molecule has 0 aliphatic heterocycles. The first kappa shape index (κ1) is 21.4. The summed E-state index contributed by atoms with van der Waals surface area (Å²) in [4.78, 5) is 0. The van der Waals surface area contributed by atoms with Crippen LogP contribution >= 0.6 is 23.2 Å². The quantitative estimate of drug-likeness (QED) is 0.493. The molecule has 3 nitrogen and oxygen atoms in total. The number of hydrogen-bond acceptors (Lipinski definition) is 3. The van der Waals surface area contributed by atoms with E-state index >= 15 is 0 Å². The molecule has 4 atom stereocenters. The Hall–Kier alpha value is 0.104. The van der Waals surface area contributed by atoms with Crippen molar-refractivity contribution in [3.05, 3.63) is 59.0 Å². The fourth-order valence-corrected chi connectivity index (χ4v) is 4.16. The molecule has 0 saturated heterocycles. The largest absolute Gasteiger partial charge is 0.593 e. The topological polar surface area (TPSA) is 42.6 Å². The molecule has 1 radical (unpaired) electrons. The smallest absolute Gasteiger partial charge is 0.0607 e. The molecule has 2 unspecified atom stereocenters. The minimum Gasteiger partial charge on any atom is -0.593 e. The molecule has 0 bridgehead atoms. The zero-order valence-electron chi connectivity index (χ0n) is 13.9. The standard InChI is InChI=1S/C19H21Cl2O3.Y/c20-17-6-2-1-4-13(17)7-8-15-16(19(22)10-18(15)21)12-23-11-14-5-3-9-24-14;/h1-6,15-16,18-19,22H,7-8,10-12H2;/q-1;/t15-,16-,18?,19?;/m1./s1. The van der Waals surface area contributed by atoms with Gasteiger partial charge in [0.25, 0.3) is 0 Å². The number of halogens is 2. The number of furan rings is 1. The predicted molar refractivity (Wildman–Crippen MR) is 94.2 cm³/mol. The summed E-state index contributed by atoms with van der Waals surface area (Å²) >= 11 is 12.7. The van der Waals surface area contributed by atoms with Crippen LogP contribution in [0.2, 0.25) is 5.02 Å². The number of ether oxygens (including phenoxy) is 1. The minimum atomic E-state index is -0.424. The van der Waals surface area contributed by atoms with E-state index in [1.165, 1.54) is 0 Å². The predicted octanol–water partition coefficient (Wildman–Crippen LogP) is 4.48. The summed E-state index contributed by atoms with van der Waals surface area (Å²) in [5.41, 5.74) is 1.12. The SMILES string of the molecule is OC1CC(Cl)[C@H](CCc2ccccc2Cl)[C@H]1COCc1cc[c-]o1.[Y]. The van der Waals surface area contributed by atoms with Crippen molar-refractivity contribution >= 4 is 23.2 Å². The van der Waals surface area contributed by atoms with Crippen LogP contribution in [0.4, 0.5) is 0 Å². The maximum Gasteiger partial charge on any atom is 0.0607 e. The third kappa shape index (κ3) is 5.79. The van der Waals surface area contributed by atoms with E-state index in [1.54, 1.807) is 6.07 Å². The Morgan fingerprint density at radius 2 is 2.04 bits per heavy atom. The van der Waals surface area contributed by atoms with E-state index in [0.717, 1.165) is 29.2 Å². The summed E-state index contributed by atoms with van der Waals surface area (Å²) in [6.07, 6.45) is 4.56. The van der Waals surface area contributed by atoms with Crippen molar-refractivity contribution in [2.75, 3.05) is 6.61 Å². The molecule has 1 aromatic carbocycles. The van der Waals surface area contributed by atoms with E-state index in [4.69, 9.17) is 32.4 Å². The number of aliphatic hydroxyl groups excluding tert-OH is 1. The van der Waals surface area contributed by atoms with Crippen LogP contribution in [0.3, 0.4) is 0 Å². The van der Waals surface area contributed by atoms with E-state index < -0.39 is 6.10 Å². The Morgan fingerprint density at radius 1 is 1.24 bits per heavy atom. The van der Waals surface area contributed by atoms with Gasteiger partial charge in [-0.05, 0) is 48.8 Å². The minimum absolute atomic E-state index is 0. The first-order valence-electron chi connectivity index (χ1n) is 8.23. The zero-order valence-corrected chi connectivity index (χ0v) is 18.3. The molecule has 1 fully saturated rings. The van der Waals surface area contributed by atoms with Gasteiger partial charge in [-0.1, -0.05) is 29.8 Å². The molecule has 1 N–H and O–H groups in total. The van der Waals surface area contributed by atoms with Gasteiger partial charge in [-0.3, -0.25) is 0 Å². The van der Waals surface area contributed by atoms with Crippen LogP contribution in [0, 0.1) is 18.1 Å². The van der Waals surface area contributed by atoms with Gasteiger partial charge in [0.05, 0.1) is 12.7 Å². The second-order valence-electron chi connectivity index (χ2n) is 6.31. The van der Waals surface area contributed by atoms with Crippen molar-refractivity contribution in [3.8, 4) is 0 Å². The molecular weight excluding hydrogens is 436 g/mol. The number of aliphatic hydroxyl groups is 1. The molecular formula is C19H21Cl2O3Y-. The van der Waals surface area contributed by atoms with Crippen molar-refractivity contribution < 1.29 is 47.0 Å². The van der Waals surface area contributed by atoms with Crippen LogP contribution in [0.5, 0.6) is 0 Å². The van der Waals surface area contributed by atoms with Crippen molar-refractivity contribution in [3.63, 3.8) is 0 Å². The molecule has 1 heterocycles. The zero-order chi connectivity index (χ0) is 16.9. The summed E-state index contributed by atoms with van der Waals surface area (Å²) in [7, 11) is 0. The van der Waals surface area contributed by atoms with Crippen molar-refractivity contribution in [2.45, 2.75) is 37.4 Å². The maximum absolute atomic E-state index is 10.3. The first-order valence-corrected chi connectivity index (χ1v) is 9.04.